The Morgan fingerprint density at radius 2 is 1.88 bits per heavy atom. The highest BCUT2D eigenvalue weighted by Gasteiger charge is 2.59. The number of ether oxygens (including phenoxy) is 2. The highest BCUT2D eigenvalue weighted by Crippen LogP contribution is 2.50. The molecule has 2 amide bonds. The lowest BCUT2D eigenvalue weighted by molar-refractivity contribution is -0.146. The van der Waals surface area contributed by atoms with Crippen LogP contribution in [0.4, 0.5) is 0 Å². The lowest BCUT2D eigenvalue weighted by atomic mass is 9.82. The van der Waals surface area contributed by atoms with Crippen LogP contribution in [0.25, 0.3) is 0 Å². The number of carbonyl (C=O) groups excluding carboxylic acids is 2. The first-order valence-electron chi connectivity index (χ1n) is 8.42. The highest BCUT2D eigenvalue weighted by molar-refractivity contribution is 5.90. The molecule has 0 saturated carbocycles. The predicted molar refractivity (Wildman–Crippen MR) is 90.8 cm³/mol. The van der Waals surface area contributed by atoms with Crippen LogP contribution in [0.15, 0.2) is 18.2 Å². The van der Waals surface area contributed by atoms with Crippen LogP contribution < -0.4 is 14.8 Å². The first-order valence-corrected chi connectivity index (χ1v) is 8.42. The maximum Gasteiger partial charge on any atom is 0.309 e. The van der Waals surface area contributed by atoms with Crippen molar-refractivity contribution in [3.05, 3.63) is 23.8 Å². The van der Waals surface area contributed by atoms with E-state index >= 15 is 0 Å². The van der Waals surface area contributed by atoms with E-state index in [1.54, 1.807) is 23.1 Å². The van der Waals surface area contributed by atoms with Gasteiger partial charge in [0.1, 0.15) is 0 Å². The molecule has 1 aromatic carbocycles. The van der Waals surface area contributed by atoms with Gasteiger partial charge in [-0.2, -0.15) is 0 Å². The number of carboxylic acid groups (broad SMARTS) is 1. The molecular formula is C18H22N2O6. The third-order valence-electron chi connectivity index (χ3n) is 5.32. The topological polar surface area (TPSA) is 105 Å². The van der Waals surface area contributed by atoms with Gasteiger partial charge in [-0.15, -0.1) is 0 Å². The van der Waals surface area contributed by atoms with E-state index in [2.05, 4.69) is 5.32 Å². The Kier molecular flexibility index (Phi) is 4.76. The SMILES string of the molecule is CNC(=O)[C@@H]1[C@H](C(=O)O)[C@@H]2CCC(=O)N2[C@@H]1c1ccc(OC)c(OC)c1. The summed E-state index contributed by atoms with van der Waals surface area (Å²) in [5.41, 5.74) is 0.653. The number of fused-ring (bicyclic) bond motifs is 1. The number of nitrogens with zero attached hydrogens (tertiary/aromatic N) is 1. The molecule has 26 heavy (non-hydrogen) atoms. The Labute approximate surface area is 151 Å². The fourth-order valence-electron chi connectivity index (χ4n) is 4.24. The molecule has 0 aliphatic carbocycles. The second-order valence-corrected chi connectivity index (χ2v) is 6.47. The summed E-state index contributed by atoms with van der Waals surface area (Å²) in [6, 6.07) is 4.00. The lowest BCUT2D eigenvalue weighted by Crippen LogP contribution is -2.38. The average molecular weight is 362 g/mol. The van der Waals surface area contributed by atoms with Crippen LogP contribution in [0.1, 0.15) is 24.4 Å². The van der Waals surface area contributed by atoms with Gasteiger partial charge in [-0.05, 0) is 24.1 Å². The quantitative estimate of drug-likeness (QED) is 0.803. The summed E-state index contributed by atoms with van der Waals surface area (Å²) in [6.45, 7) is 0. The minimum absolute atomic E-state index is 0.132. The van der Waals surface area contributed by atoms with E-state index < -0.39 is 29.9 Å². The second kappa shape index (κ2) is 6.86. The maximum absolute atomic E-state index is 12.6. The third-order valence-corrected chi connectivity index (χ3v) is 5.32. The number of methoxy groups -OCH3 is 2. The molecule has 2 aliphatic rings. The Balaban J connectivity index is 2.13. The van der Waals surface area contributed by atoms with Crippen LogP contribution in [-0.4, -0.2) is 55.1 Å². The third kappa shape index (κ3) is 2.65. The number of benzene rings is 1. The number of hydrogen-bond acceptors (Lipinski definition) is 5. The molecule has 1 aromatic rings. The molecule has 0 bridgehead atoms. The predicted octanol–water partition coefficient (Wildman–Crippen LogP) is 0.813. The molecule has 2 saturated heterocycles. The van der Waals surface area contributed by atoms with Crippen molar-refractivity contribution >= 4 is 17.8 Å². The summed E-state index contributed by atoms with van der Waals surface area (Å²) in [6.07, 6.45) is 0.728. The van der Waals surface area contributed by atoms with Crippen LogP contribution >= 0.6 is 0 Å². The molecule has 0 radical (unpaired) electrons. The molecule has 8 heteroatoms. The Morgan fingerprint density at radius 1 is 1.19 bits per heavy atom. The van der Waals surface area contributed by atoms with Gasteiger partial charge in [0.15, 0.2) is 11.5 Å². The first kappa shape index (κ1) is 18.0. The highest BCUT2D eigenvalue weighted by atomic mass is 16.5. The minimum Gasteiger partial charge on any atom is -0.493 e. The average Bonchev–Trinajstić information content (AvgIpc) is 3.18. The second-order valence-electron chi connectivity index (χ2n) is 6.47. The van der Waals surface area contributed by atoms with Gasteiger partial charge in [-0.3, -0.25) is 14.4 Å². The summed E-state index contributed by atoms with van der Waals surface area (Å²) in [4.78, 5) is 38.5. The maximum atomic E-state index is 12.6. The van der Waals surface area contributed by atoms with Gasteiger partial charge >= 0.3 is 5.97 Å². The fraction of sp³-hybridized carbons (Fsp3) is 0.500. The van der Waals surface area contributed by atoms with Gasteiger partial charge in [-0.1, -0.05) is 6.07 Å². The zero-order chi connectivity index (χ0) is 19.0. The Morgan fingerprint density at radius 3 is 2.46 bits per heavy atom. The molecule has 2 aliphatic heterocycles. The molecule has 4 atom stereocenters. The first-order chi connectivity index (χ1) is 12.4. The van der Waals surface area contributed by atoms with E-state index in [1.165, 1.54) is 21.3 Å². The monoisotopic (exact) mass is 362 g/mol. The molecule has 0 aromatic heterocycles. The molecule has 3 rings (SSSR count). The summed E-state index contributed by atoms with van der Waals surface area (Å²) in [5, 5.41) is 12.3. The van der Waals surface area contributed by atoms with Crippen molar-refractivity contribution < 1.29 is 29.0 Å². The van der Waals surface area contributed by atoms with Gasteiger partial charge in [0.25, 0.3) is 0 Å². The van der Waals surface area contributed by atoms with E-state index in [0.717, 1.165) is 0 Å². The molecule has 140 valence electrons. The van der Waals surface area contributed by atoms with Crippen molar-refractivity contribution in [3.8, 4) is 11.5 Å². The van der Waals surface area contributed by atoms with E-state index in [-0.39, 0.29) is 11.8 Å². The Bertz CT molecular complexity index is 749. The van der Waals surface area contributed by atoms with Gasteiger partial charge in [0.2, 0.25) is 11.8 Å². The number of rotatable bonds is 5. The van der Waals surface area contributed by atoms with Crippen LogP contribution in [-0.2, 0) is 14.4 Å². The molecule has 0 spiro atoms. The Hall–Kier alpha value is -2.77. The smallest absolute Gasteiger partial charge is 0.309 e. The molecule has 2 N–H and O–H groups in total. The lowest BCUT2D eigenvalue weighted by Gasteiger charge is -2.27. The van der Waals surface area contributed by atoms with Gasteiger partial charge in [0.05, 0.1) is 32.1 Å². The van der Waals surface area contributed by atoms with Crippen LogP contribution in [0.2, 0.25) is 0 Å². The normalized spacial score (nSPS) is 27.2. The van der Waals surface area contributed by atoms with Crippen molar-refractivity contribution in [2.75, 3.05) is 21.3 Å². The van der Waals surface area contributed by atoms with Crippen LogP contribution in [0.5, 0.6) is 11.5 Å². The van der Waals surface area contributed by atoms with Crippen molar-refractivity contribution in [1.82, 2.24) is 10.2 Å². The summed E-state index contributed by atoms with van der Waals surface area (Å²) >= 11 is 0. The molecular weight excluding hydrogens is 340 g/mol. The number of carboxylic acids is 1. The molecule has 2 heterocycles. The van der Waals surface area contributed by atoms with Crippen LogP contribution in [0, 0.1) is 11.8 Å². The van der Waals surface area contributed by atoms with Gasteiger partial charge in [0, 0.05) is 19.5 Å². The largest absolute Gasteiger partial charge is 0.493 e. The summed E-state index contributed by atoms with van der Waals surface area (Å²) in [5.74, 6) is -2.42. The zero-order valence-corrected chi connectivity index (χ0v) is 14.9. The van der Waals surface area contributed by atoms with Gasteiger partial charge in [-0.25, -0.2) is 0 Å². The summed E-state index contributed by atoms with van der Waals surface area (Å²) in [7, 11) is 4.48. The molecule has 0 unspecified atom stereocenters. The van der Waals surface area contributed by atoms with E-state index in [9.17, 15) is 19.5 Å². The number of hydrogen-bond donors (Lipinski definition) is 2. The van der Waals surface area contributed by atoms with Crippen molar-refractivity contribution in [3.63, 3.8) is 0 Å². The minimum atomic E-state index is -1.06. The van der Waals surface area contributed by atoms with Gasteiger partial charge < -0.3 is 24.8 Å². The molecule has 2 fully saturated rings. The number of amides is 2. The molecule has 8 nitrogen and oxygen atoms in total. The van der Waals surface area contributed by atoms with Crippen molar-refractivity contribution in [2.45, 2.75) is 24.9 Å². The van der Waals surface area contributed by atoms with E-state index in [0.29, 0.717) is 29.9 Å². The number of nitrogens with one attached hydrogen (secondary N) is 1. The van der Waals surface area contributed by atoms with Crippen molar-refractivity contribution in [1.29, 1.82) is 0 Å². The summed E-state index contributed by atoms with van der Waals surface area (Å²) < 4.78 is 10.6. The van der Waals surface area contributed by atoms with E-state index in [4.69, 9.17) is 9.47 Å². The zero-order valence-electron chi connectivity index (χ0n) is 14.9. The van der Waals surface area contributed by atoms with Crippen molar-refractivity contribution in [2.24, 2.45) is 11.8 Å². The van der Waals surface area contributed by atoms with E-state index in [1.807, 2.05) is 0 Å². The number of carbonyl (C=O) groups is 3. The fourth-order valence-corrected chi connectivity index (χ4v) is 4.24. The standard InChI is InChI=1S/C18H22N2O6/c1-19-17(22)15-14(18(23)24)10-5-7-13(21)20(10)16(15)9-4-6-11(25-2)12(8-9)26-3/h4,6,8,10,14-16H,5,7H2,1-3H3,(H,19,22)(H,23,24)/t10-,14+,15+,16+/m0/s1. The van der Waals surface area contributed by atoms with Crippen LogP contribution in [0.3, 0.4) is 0 Å². The number of aliphatic carboxylic acids is 1.